The zero-order valence-electron chi connectivity index (χ0n) is 20.6. The molecule has 0 spiro atoms. The first-order chi connectivity index (χ1) is 17.4. The smallest absolute Gasteiger partial charge is 0.170 e. The lowest BCUT2D eigenvalue weighted by Gasteiger charge is -2.36. The number of aryl methyl sites for hydroxylation is 1. The third-order valence-corrected chi connectivity index (χ3v) is 7.73. The van der Waals surface area contributed by atoms with Gasteiger partial charge in [0.15, 0.2) is 5.78 Å². The molecule has 0 amide bonds. The first-order valence-electron chi connectivity index (χ1n) is 12.4. The number of hydrogen-bond donors (Lipinski definition) is 0. The highest BCUT2D eigenvalue weighted by Gasteiger charge is 2.24. The summed E-state index contributed by atoms with van der Waals surface area (Å²) in [7, 11) is 0. The normalized spacial score (nSPS) is 18.8. The van der Waals surface area contributed by atoms with E-state index in [-0.39, 0.29) is 12.2 Å². The molecule has 0 saturated carbocycles. The van der Waals surface area contributed by atoms with E-state index in [0.29, 0.717) is 27.3 Å². The van der Waals surface area contributed by atoms with Crippen LogP contribution in [0.1, 0.15) is 52.1 Å². The number of halogens is 2. The van der Waals surface area contributed by atoms with Gasteiger partial charge in [-0.25, -0.2) is 4.68 Å². The molecule has 1 atom stereocenters. The zero-order valence-corrected chi connectivity index (χ0v) is 22.1. The molecular weight excluding hydrogens is 495 g/mol. The Hall–Kier alpha value is -2.51. The van der Waals surface area contributed by atoms with Crippen LogP contribution in [-0.4, -0.2) is 57.8 Å². The van der Waals surface area contributed by atoms with Crippen LogP contribution in [0.5, 0.6) is 0 Å². The Morgan fingerprint density at radius 1 is 1.14 bits per heavy atom. The Kier molecular flexibility index (Phi) is 7.58. The fourth-order valence-corrected chi connectivity index (χ4v) is 5.72. The molecule has 0 radical (unpaired) electrons. The van der Waals surface area contributed by atoms with E-state index in [1.165, 1.54) is 5.57 Å². The molecule has 0 N–H and O–H groups in total. The Balaban J connectivity index is 1.27. The minimum atomic E-state index is 0.00280. The van der Waals surface area contributed by atoms with Crippen molar-refractivity contribution in [2.24, 2.45) is 0 Å². The van der Waals surface area contributed by atoms with Crippen molar-refractivity contribution < 1.29 is 9.53 Å². The van der Waals surface area contributed by atoms with Crippen molar-refractivity contribution in [3.05, 3.63) is 80.9 Å². The zero-order chi connectivity index (χ0) is 25.2. The molecule has 3 heterocycles. The number of carbonyl (C=O) groups excluding carboxylic acids is 1. The summed E-state index contributed by atoms with van der Waals surface area (Å²) < 4.78 is 7.17. The summed E-state index contributed by atoms with van der Waals surface area (Å²) in [5, 5.41) is 5.44. The molecule has 0 bridgehead atoms. The van der Waals surface area contributed by atoms with Gasteiger partial charge in [0.25, 0.3) is 0 Å². The summed E-state index contributed by atoms with van der Waals surface area (Å²) >= 11 is 12.4. The van der Waals surface area contributed by atoms with Gasteiger partial charge < -0.3 is 4.74 Å². The van der Waals surface area contributed by atoms with Gasteiger partial charge in [0.2, 0.25) is 0 Å². The number of pyridine rings is 1. The molecule has 1 aliphatic carbocycles. The van der Waals surface area contributed by atoms with Crippen molar-refractivity contribution in [3.63, 3.8) is 0 Å². The predicted molar refractivity (Wildman–Crippen MR) is 143 cm³/mol. The van der Waals surface area contributed by atoms with E-state index in [1.54, 1.807) is 29.1 Å². The van der Waals surface area contributed by atoms with Crippen LogP contribution in [0.15, 0.2) is 42.7 Å². The molecular formula is C28H30Cl2N4O2. The molecule has 6 nitrogen and oxygen atoms in total. The summed E-state index contributed by atoms with van der Waals surface area (Å²) in [5.74, 6) is 0.00280. The van der Waals surface area contributed by atoms with E-state index in [4.69, 9.17) is 32.9 Å². The van der Waals surface area contributed by atoms with Crippen LogP contribution < -0.4 is 0 Å². The van der Waals surface area contributed by atoms with E-state index >= 15 is 0 Å². The van der Waals surface area contributed by atoms with Gasteiger partial charge in [-0.3, -0.25) is 14.7 Å². The number of allylic oxidation sites excluding steroid dienone is 1. The lowest BCUT2D eigenvalue weighted by Crippen LogP contribution is -2.43. The van der Waals surface area contributed by atoms with Crippen LogP contribution >= 0.6 is 23.2 Å². The van der Waals surface area contributed by atoms with Gasteiger partial charge >= 0.3 is 0 Å². The van der Waals surface area contributed by atoms with Crippen molar-refractivity contribution in [1.82, 2.24) is 19.7 Å². The minimum Gasteiger partial charge on any atom is -0.379 e. The molecule has 2 aromatic heterocycles. The largest absolute Gasteiger partial charge is 0.379 e. The average molecular weight is 525 g/mol. The fourth-order valence-electron chi connectivity index (χ4n) is 5.24. The molecule has 1 aromatic carbocycles. The van der Waals surface area contributed by atoms with Crippen LogP contribution in [-0.2, 0) is 11.2 Å². The van der Waals surface area contributed by atoms with Crippen molar-refractivity contribution in [1.29, 1.82) is 0 Å². The Bertz CT molecular complexity index is 1310. The van der Waals surface area contributed by atoms with Crippen LogP contribution in [0.4, 0.5) is 0 Å². The topological polar surface area (TPSA) is 60.2 Å². The van der Waals surface area contributed by atoms with Gasteiger partial charge in [0, 0.05) is 36.8 Å². The van der Waals surface area contributed by atoms with Gasteiger partial charge in [-0.05, 0) is 68.0 Å². The highest BCUT2D eigenvalue weighted by molar-refractivity contribution is 6.35. The number of Topliss-reactive ketones (excluding diaryl/α,β-unsaturated/α-hetero) is 1. The summed E-state index contributed by atoms with van der Waals surface area (Å²) in [4.78, 5) is 20.5. The number of nitrogens with zero attached hydrogens (tertiary/aromatic N) is 4. The third-order valence-electron chi connectivity index (χ3n) is 7.20. The van der Waals surface area contributed by atoms with E-state index in [1.807, 2.05) is 13.1 Å². The number of rotatable bonds is 6. The lowest BCUT2D eigenvalue weighted by molar-refractivity contribution is 0.0150. The SMILES string of the molecule is Cc1cc(CC(=O)c2cnn(-c3ccc(Cl)cc3Cl)c2C)cnc1C1=CCC(N2CCOCC2)CC1. The standard InChI is InChI=1S/C28H30Cl2N4O2/c1-18-13-20(16-31-28(18)21-3-6-23(7-4-21)33-9-11-36-12-10-33)14-27(35)24-17-32-34(19(24)2)26-8-5-22(29)15-25(26)30/h3,5,8,13,15-17,23H,4,6-7,9-12,14H2,1-2H3. The summed E-state index contributed by atoms with van der Waals surface area (Å²) in [5.41, 5.74) is 6.38. The highest BCUT2D eigenvalue weighted by Crippen LogP contribution is 2.31. The molecule has 1 aliphatic heterocycles. The maximum atomic E-state index is 13.1. The van der Waals surface area contributed by atoms with E-state index in [0.717, 1.165) is 68.1 Å². The summed E-state index contributed by atoms with van der Waals surface area (Å²) in [6.07, 6.45) is 9.29. The first kappa shape index (κ1) is 25.2. The van der Waals surface area contributed by atoms with Crippen molar-refractivity contribution >= 4 is 34.6 Å². The van der Waals surface area contributed by atoms with Crippen molar-refractivity contribution in [2.45, 2.75) is 45.6 Å². The Morgan fingerprint density at radius 3 is 2.64 bits per heavy atom. The van der Waals surface area contributed by atoms with Gasteiger partial charge in [-0.2, -0.15) is 5.10 Å². The van der Waals surface area contributed by atoms with Crippen molar-refractivity contribution in [3.8, 4) is 5.69 Å². The molecule has 1 unspecified atom stereocenters. The van der Waals surface area contributed by atoms with E-state index < -0.39 is 0 Å². The maximum absolute atomic E-state index is 13.1. The number of aromatic nitrogens is 3. The number of benzene rings is 1. The second-order valence-corrected chi connectivity index (χ2v) is 10.4. The molecule has 188 valence electrons. The second kappa shape index (κ2) is 10.9. The Labute approximate surface area is 221 Å². The number of morpholine rings is 1. The van der Waals surface area contributed by atoms with E-state index in [9.17, 15) is 4.79 Å². The monoisotopic (exact) mass is 524 g/mol. The average Bonchev–Trinajstić information content (AvgIpc) is 3.26. The predicted octanol–water partition coefficient (Wildman–Crippen LogP) is 5.88. The third kappa shape index (κ3) is 5.28. The Morgan fingerprint density at radius 2 is 1.94 bits per heavy atom. The number of carbonyl (C=O) groups is 1. The van der Waals surface area contributed by atoms with Gasteiger partial charge in [0.05, 0.1) is 47.1 Å². The number of ketones is 1. The molecule has 5 rings (SSSR count). The van der Waals surface area contributed by atoms with Gasteiger partial charge in [-0.1, -0.05) is 35.3 Å². The quantitative estimate of drug-likeness (QED) is 0.376. The first-order valence-corrected chi connectivity index (χ1v) is 13.2. The van der Waals surface area contributed by atoms with Crippen LogP contribution in [0.25, 0.3) is 11.3 Å². The number of ether oxygens (including phenoxy) is 1. The molecule has 1 fully saturated rings. The van der Waals surface area contributed by atoms with E-state index in [2.05, 4.69) is 29.1 Å². The molecule has 3 aromatic rings. The lowest BCUT2D eigenvalue weighted by atomic mass is 9.90. The molecule has 1 saturated heterocycles. The second-order valence-electron chi connectivity index (χ2n) is 9.57. The van der Waals surface area contributed by atoms with Gasteiger partial charge in [-0.15, -0.1) is 0 Å². The highest BCUT2D eigenvalue weighted by atomic mass is 35.5. The minimum absolute atomic E-state index is 0.00280. The fraction of sp³-hybridized carbons (Fsp3) is 0.393. The summed E-state index contributed by atoms with van der Waals surface area (Å²) in [6, 6.07) is 7.91. The van der Waals surface area contributed by atoms with Crippen LogP contribution in [0, 0.1) is 13.8 Å². The van der Waals surface area contributed by atoms with Crippen LogP contribution in [0.2, 0.25) is 10.0 Å². The molecule has 8 heteroatoms. The van der Waals surface area contributed by atoms with Crippen molar-refractivity contribution in [2.75, 3.05) is 26.3 Å². The number of hydrogen-bond acceptors (Lipinski definition) is 5. The molecule has 2 aliphatic rings. The van der Waals surface area contributed by atoms with Gasteiger partial charge in [0.1, 0.15) is 0 Å². The maximum Gasteiger partial charge on any atom is 0.170 e. The molecule has 36 heavy (non-hydrogen) atoms. The van der Waals surface area contributed by atoms with Crippen LogP contribution in [0.3, 0.4) is 0 Å². The summed E-state index contributed by atoms with van der Waals surface area (Å²) in [6.45, 7) is 7.68.